The van der Waals surface area contributed by atoms with E-state index in [0.29, 0.717) is 19.3 Å². The van der Waals surface area contributed by atoms with E-state index in [-0.39, 0.29) is 30.7 Å². The van der Waals surface area contributed by atoms with E-state index in [9.17, 15) is 14.4 Å². The summed E-state index contributed by atoms with van der Waals surface area (Å²) in [6.07, 6.45) is 13.4. The van der Waals surface area contributed by atoms with Gasteiger partial charge in [0.05, 0.1) is 21.6 Å². The Labute approximate surface area is 166 Å². The van der Waals surface area contributed by atoms with Crippen LogP contribution in [0.2, 0.25) is 0 Å². The lowest BCUT2D eigenvalue weighted by Gasteiger charge is -2.44. The molecule has 1 fully saturated rings. The Morgan fingerprint density at radius 3 is 2.89 bits per heavy atom. The second-order valence-electron chi connectivity index (χ2n) is 7.30. The molecule has 0 radical (unpaired) electrons. The minimum atomic E-state index is -0.667. The topological polar surface area (TPSA) is 66.9 Å². The number of nitrogens with zero attached hydrogens (tertiary/aromatic N) is 2. The van der Waals surface area contributed by atoms with Gasteiger partial charge in [0.1, 0.15) is 12.5 Å². The predicted octanol–water partition coefficient (Wildman–Crippen LogP) is 2.84. The van der Waals surface area contributed by atoms with Gasteiger partial charge in [0.25, 0.3) is 0 Å². The van der Waals surface area contributed by atoms with Crippen molar-refractivity contribution in [2.24, 2.45) is 17.3 Å². The van der Waals surface area contributed by atoms with Crippen LogP contribution in [0.5, 0.6) is 0 Å². The fourth-order valence-electron chi connectivity index (χ4n) is 4.80. The fourth-order valence-corrected chi connectivity index (χ4v) is 5.46. The molecule has 2 amide bonds. The first-order valence-corrected chi connectivity index (χ1v) is 9.81. The van der Waals surface area contributed by atoms with E-state index >= 15 is 0 Å². The highest BCUT2D eigenvalue weighted by atomic mass is 79.9. The molecule has 7 heteroatoms. The summed E-state index contributed by atoms with van der Waals surface area (Å²) < 4.78 is 6.95. The quantitative estimate of drug-likeness (QED) is 0.506. The van der Waals surface area contributed by atoms with E-state index in [0.717, 1.165) is 11.3 Å². The Balaban J connectivity index is 1.81. The Kier molecular flexibility index (Phi) is 4.68. The van der Waals surface area contributed by atoms with E-state index < -0.39 is 17.3 Å². The number of rotatable bonds is 3. The maximum absolute atomic E-state index is 13.3. The Morgan fingerprint density at radius 2 is 2.11 bits per heavy atom. The summed E-state index contributed by atoms with van der Waals surface area (Å²) in [5, 5.41) is 0. The van der Waals surface area contributed by atoms with Crippen LogP contribution in [0, 0.1) is 17.3 Å². The number of methoxy groups -OCH3 is 1. The van der Waals surface area contributed by atoms with Gasteiger partial charge in [0.15, 0.2) is 0 Å². The number of ether oxygens (including phenoxy) is 1. The molecule has 0 N–H and O–H groups in total. The number of likely N-dealkylation sites (tertiary alicyclic amines) is 1. The number of hydrogen-bond donors (Lipinski definition) is 0. The molecule has 2 aliphatic carbocycles. The van der Waals surface area contributed by atoms with Crippen LogP contribution < -0.4 is 0 Å². The highest BCUT2D eigenvalue weighted by Gasteiger charge is 2.57. The maximum atomic E-state index is 13.3. The van der Waals surface area contributed by atoms with Gasteiger partial charge in [-0.15, -0.1) is 0 Å². The second-order valence-corrected chi connectivity index (χ2v) is 8.06. The molecular weight excluding hydrogens is 412 g/mol. The number of hydrogen-bond acceptors (Lipinski definition) is 5. The standard InChI is InChI=1S/C20H21BrN2O4/c1-27-12-22-17(25)7-4-6-14(19(22)26)18-15(24)8-9-16-20(18)10-3-2-5-13(20)11-23(16)21/h2-3,5,9-11,14,18H,4,6-8,12H2,1H3. The van der Waals surface area contributed by atoms with Gasteiger partial charge in [0, 0.05) is 43.7 Å². The normalized spacial score (nSPS) is 32.9. The van der Waals surface area contributed by atoms with Crippen LogP contribution in [0.4, 0.5) is 0 Å². The fraction of sp³-hybridized carbons (Fsp3) is 0.450. The van der Waals surface area contributed by atoms with E-state index in [1.165, 1.54) is 12.0 Å². The molecule has 27 heavy (non-hydrogen) atoms. The average Bonchev–Trinajstić information content (AvgIpc) is 2.87. The van der Waals surface area contributed by atoms with Crippen molar-refractivity contribution in [2.45, 2.75) is 25.7 Å². The van der Waals surface area contributed by atoms with E-state index in [1.807, 2.05) is 40.5 Å². The summed E-state index contributed by atoms with van der Waals surface area (Å²) in [7, 11) is 1.46. The molecular formula is C20H21BrN2O4. The third-order valence-electron chi connectivity index (χ3n) is 5.91. The number of Topliss-reactive ketones (excluding diaryl/α,β-unsaturated/α-hetero) is 1. The molecule has 3 atom stereocenters. The molecule has 142 valence electrons. The third-order valence-corrected chi connectivity index (χ3v) is 6.50. The molecule has 0 bridgehead atoms. The lowest BCUT2D eigenvalue weighted by Crippen LogP contribution is -2.50. The molecule has 2 heterocycles. The molecule has 1 saturated heterocycles. The van der Waals surface area contributed by atoms with Crippen LogP contribution in [-0.4, -0.2) is 40.3 Å². The predicted molar refractivity (Wildman–Crippen MR) is 102 cm³/mol. The van der Waals surface area contributed by atoms with E-state index in [2.05, 4.69) is 16.1 Å². The van der Waals surface area contributed by atoms with Crippen LogP contribution >= 0.6 is 16.1 Å². The molecule has 4 aliphatic rings. The maximum Gasteiger partial charge on any atom is 0.234 e. The highest BCUT2D eigenvalue weighted by molar-refractivity contribution is 9.07. The van der Waals surface area contributed by atoms with Gasteiger partial charge in [-0.1, -0.05) is 30.4 Å². The van der Waals surface area contributed by atoms with Crippen molar-refractivity contribution in [3.05, 3.63) is 47.9 Å². The van der Waals surface area contributed by atoms with Gasteiger partial charge in [-0.25, -0.2) is 0 Å². The average molecular weight is 433 g/mol. The zero-order chi connectivity index (χ0) is 19.2. The number of carbonyl (C=O) groups excluding carboxylic acids is 3. The Morgan fingerprint density at radius 1 is 1.30 bits per heavy atom. The first-order chi connectivity index (χ1) is 13.0. The van der Waals surface area contributed by atoms with E-state index in [4.69, 9.17) is 4.74 Å². The lowest BCUT2D eigenvalue weighted by atomic mass is 9.58. The first kappa shape index (κ1) is 18.4. The number of amides is 2. The van der Waals surface area contributed by atoms with Crippen molar-refractivity contribution in [3.8, 4) is 0 Å². The molecule has 0 saturated carbocycles. The first-order valence-electron chi connectivity index (χ1n) is 9.10. The van der Waals surface area contributed by atoms with Crippen LogP contribution in [-0.2, 0) is 19.1 Å². The van der Waals surface area contributed by atoms with Crippen molar-refractivity contribution in [1.82, 2.24) is 8.83 Å². The number of allylic oxidation sites excluding steroid dienone is 5. The largest absolute Gasteiger partial charge is 0.364 e. The van der Waals surface area contributed by atoms with Crippen LogP contribution in [0.3, 0.4) is 0 Å². The summed E-state index contributed by atoms with van der Waals surface area (Å²) in [6.45, 7) is -0.0756. The van der Waals surface area contributed by atoms with Gasteiger partial charge in [-0.3, -0.25) is 23.2 Å². The summed E-state index contributed by atoms with van der Waals surface area (Å²) in [4.78, 5) is 40.0. The minimum absolute atomic E-state index is 0.0393. The smallest absolute Gasteiger partial charge is 0.234 e. The summed E-state index contributed by atoms with van der Waals surface area (Å²) >= 11 is 3.55. The molecule has 0 aromatic carbocycles. The molecule has 1 spiro atoms. The third kappa shape index (κ3) is 2.67. The van der Waals surface area contributed by atoms with Crippen LogP contribution in [0.25, 0.3) is 0 Å². The van der Waals surface area contributed by atoms with Crippen molar-refractivity contribution >= 4 is 33.7 Å². The number of carbonyl (C=O) groups is 3. The van der Waals surface area contributed by atoms with Gasteiger partial charge in [-0.05, 0) is 18.4 Å². The number of ketones is 1. The summed E-state index contributed by atoms with van der Waals surface area (Å²) in [5.74, 6) is -1.59. The Hall–Kier alpha value is -1.99. The van der Waals surface area contributed by atoms with Gasteiger partial charge < -0.3 is 4.74 Å². The van der Waals surface area contributed by atoms with Gasteiger partial charge >= 0.3 is 0 Å². The molecule has 0 aromatic heterocycles. The van der Waals surface area contributed by atoms with E-state index in [1.54, 1.807) is 0 Å². The zero-order valence-corrected chi connectivity index (χ0v) is 16.6. The Bertz CT molecular complexity index is 828. The molecule has 6 nitrogen and oxygen atoms in total. The van der Waals surface area contributed by atoms with Crippen molar-refractivity contribution < 1.29 is 19.1 Å². The second kappa shape index (κ2) is 6.87. The summed E-state index contributed by atoms with van der Waals surface area (Å²) in [5.41, 5.74) is 1.28. The SMILES string of the molecule is COCN1C(=O)CCCC(C2C(=O)CC=C3N(Br)C=C4C=CC=CC432)C1=O. The highest BCUT2D eigenvalue weighted by Crippen LogP contribution is 2.58. The summed E-state index contributed by atoms with van der Waals surface area (Å²) in [6, 6.07) is 0. The van der Waals surface area contributed by atoms with Gasteiger partial charge in [-0.2, -0.15) is 0 Å². The van der Waals surface area contributed by atoms with Crippen LogP contribution in [0.15, 0.2) is 47.9 Å². The monoisotopic (exact) mass is 432 g/mol. The van der Waals surface area contributed by atoms with Gasteiger partial charge in [0.2, 0.25) is 11.8 Å². The molecule has 2 aliphatic heterocycles. The number of halogens is 1. The van der Waals surface area contributed by atoms with Crippen molar-refractivity contribution in [2.75, 3.05) is 13.8 Å². The lowest BCUT2D eigenvalue weighted by molar-refractivity contribution is -0.155. The zero-order valence-electron chi connectivity index (χ0n) is 15.1. The van der Waals surface area contributed by atoms with Crippen LogP contribution in [0.1, 0.15) is 25.7 Å². The van der Waals surface area contributed by atoms with Crippen molar-refractivity contribution in [3.63, 3.8) is 0 Å². The van der Waals surface area contributed by atoms with Crippen molar-refractivity contribution in [1.29, 1.82) is 0 Å². The molecule has 0 aromatic rings. The molecule has 3 unspecified atom stereocenters. The number of imide groups is 1. The molecule has 4 rings (SSSR count). The minimum Gasteiger partial charge on any atom is -0.364 e.